The number of hydrogen-bond donors (Lipinski definition) is 1. The van der Waals surface area contributed by atoms with Crippen LogP contribution in [-0.4, -0.2) is 47.3 Å². The maximum absolute atomic E-state index is 6.00. The quantitative estimate of drug-likeness (QED) is 0.564. The molecule has 0 spiro atoms. The number of ether oxygens (including phenoxy) is 1. The molecule has 1 aromatic heterocycles. The summed E-state index contributed by atoms with van der Waals surface area (Å²) in [6, 6.07) is 8.62. The van der Waals surface area contributed by atoms with E-state index in [9.17, 15) is 0 Å². The average Bonchev–Trinajstić information content (AvgIpc) is 2.73. The number of fused-ring (bicyclic) bond motifs is 1. The third-order valence-corrected chi connectivity index (χ3v) is 6.24. The van der Waals surface area contributed by atoms with Crippen molar-refractivity contribution >= 4 is 34.1 Å². The van der Waals surface area contributed by atoms with Crippen LogP contribution in [0.2, 0.25) is 0 Å². The number of nitrogens with one attached hydrogen (secondary N) is 1. The van der Waals surface area contributed by atoms with Crippen LogP contribution >= 0.6 is 12.2 Å². The first kappa shape index (κ1) is 22.9. The molecule has 1 aliphatic carbocycles. The van der Waals surface area contributed by atoms with Gasteiger partial charge in [0.2, 0.25) is 0 Å². The van der Waals surface area contributed by atoms with Gasteiger partial charge in [-0.25, -0.2) is 9.97 Å². The number of hydrogen-bond acceptors (Lipinski definition) is 5. The smallest absolute Gasteiger partial charge is 0.151 e. The van der Waals surface area contributed by atoms with Crippen LogP contribution in [0.3, 0.4) is 0 Å². The fourth-order valence-electron chi connectivity index (χ4n) is 4.32. The first-order chi connectivity index (χ1) is 14.5. The molecule has 2 aromatic rings. The number of methoxy groups -OCH3 is 1. The Morgan fingerprint density at radius 1 is 1.17 bits per heavy atom. The van der Waals surface area contributed by atoms with Gasteiger partial charge in [-0.15, -0.1) is 0 Å². The molecule has 1 atom stereocenters. The Kier molecular flexibility index (Phi) is 8.40. The predicted octanol–water partition coefficient (Wildman–Crippen LogP) is 5.06. The van der Waals surface area contributed by atoms with Gasteiger partial charge in [0.05, 0.1) is 34.4 Å². The number of para-hydroxylation sites is 2. The van der Waals surface area contributed by atoms with Gasteiger partial charge in [0.1, 0.15) is 0 Å². The van der Waals surface area contributed by atoms with E-state index in [1.807, 2.05) is 31.2 Å². The summed E-state index contributed by atoms with van der Waals surface area (Å²) >= 11 is 6.00. The second kappa shape index (κ2) is 11.0. The van der Waals surface area contributed by atoms with E-state index in [2.05, 4.69) is 24.1 Å². The van der Waals surface area contributed by atoms with Crippen molar-refractivity contribution in [3.8, 4) is 0 Å². The van der Waals surface area contributed by atoms with E-state index in [-0.39, 0.29) is 6.04 Å². The summed E-state index contributed by atoms with van der Waals surface area (Å²) in [4.78, 5) is 13.1. The number of benzene rings is 1. The number of aryl methyl sites for hydroxylation is 1. The molecule has 6 heteroatoms. The molecule has 1 unspecified atom stereocenters. The van der Waals surface area contributed by atoms with Gasteiger partial charge in [-0.05, 0) is 44.2 Å². The zero-order chi connectivity index (χ0) is 21.5. The summed E-state index contributed by atoms with van der Waals surface area (Å²) in [5, 5.41) is 3.71. The van der Waals surface area contributed by atoms with E-state index in [0.717, 1.165) is 40.5 Å². The Bertz CT molecular complexity index is 835. The third-order valence-electron chi connectivity index (χ3n) is 5.85. The Morgan fingerprint density at radius 3 is 2.47 bits per heavy atom. The zero-order valence-corrected chi connectivity index (χ0v) is 19.7. The molecule has 0 amide bonds. The highest BCUT2D eigenvalue weighted by Gasteiger charge is 2.28. The van der Waals surface area contributed by atoms with Gasteiger partial charge in [-0.2, -0.15) is 0 Å². The van der Waals surface area contributed by atoms with Crippen molar-refractivity contribution in [1.82, 2.24) is 15.3 Å². The fourth-order valence-corrected chi connectivity index (χ4v) is 4.71. The largest absolute Gasteiger partial charge is 0.383 e. The maximum atomic E-state index is 6.00. The van der Waals surface area contributed by atoms with E-state index in [4.69, 9.17) is 26.9 Å². The highest BCUT2D eigenvalue weighted by molar-refractivity contribution is 7.80. The fraction of sp³-hybridized carbons (Fsp3) is 0.625. The average molecular weight is 429 g/mol. The van der Waals surface area contributed by atoms with Crippen molar-refractivity contribution in [1.29, 1.82) is 0 Å². The minimum absolute atomic E-state index is 0.0752. The molecule has 1 heterocycles. The summed E-state index contributed by atoms with van der Waals surface area (Å²) in [6.07, 6.45) is 7.31. The van der Waals surface area contributed by atoms with Crippen LogP contribution in [0.1, 0.15) is 58.1 Å². The van der Waals surface area contributed by atoms with Crippen LogP contribution < -0.4 is 10.2 Å². The minimum Gasteiger partial charge on any atom is -0.383 e. The molecule has 1 saturated carbocycles. The van der Waals surface area contributed by atoms with Crippen molar-refractivity contribution in [2.45, 2.75) is 71.4 Å². The summed E-state index contributed by atoms with van der Waals surface area (Å²) in [6.45, 7) is 7.90. The molecule has 0 bridgehead atoms. The SMILES string of the molecule is COCCN(c1nc2ccccc2nc1C)C(CC(C)C)C(=S)NC1CCCCC1. The molecular formula is C24H36N4OS. The van der Waals surface area contributed by atoms with Crippen LogP contribution in [-0.2, 0) is 4.74 Å². The zero-order valence-electron chi connectivity index (χ0n) is 18.9. The van der Waals surface area contributed by atoms with Gasteiger partial charge in [0.25, 0.3) is 0 Å². The van der Waals surface area contributed by atoms with Crippen molar-refractivity contribution < 1.29 is 4.74 Å². The lowest BCUT2D eigenvalue weighted by atomic mass is 9.94. The number of nitrogens with zero attached hydrogens (tertiary/aromatic N) is 3. The number of aromatic nitrogens is 2. The maximum Gasteiger partial charge on any atom is 0.151 e. The normalized spacial score (nSPS) is 16.0. The summed E-state index contributed by atoms with van der Waals surface area (Å²) in [7, 11) is 1.74. The predicted molar refractivity (Wildman–Crippen MR) is 129 cm³/mol. The number of anilines is 1. The Hall–Kier alpha value is -1.79. The molecule has 1 aromatic carbocycles. The number of thiocarbonyl (C=S) groups is 1. The van der Waals surface area contributed by atoms with Crippen LogP contribution in [0.25, 0.3) is 11.0 Å². The van der Waals surface area contributed by atoms with E-state index < -0.39 is 0 Å². The second-order valence-corrected chi connectivity index (χ2v) is 9.24. The molecule has 0 radical (unpaired) electrons. The van der Waals surface area contributed by atoms with Crippen LogP contribution in [0.15, 0.2) is 24.3 Å². The molecule has 30 heavy (non-hydrogen) atoms. The molecule has 1 aliphatic rings. The van der Waals surface area contributed by atoms with Crippen molar-refractivity contribution in [2.24, 2.45) is 5.92 Å². The minimum atomic E-state index is 0.0752. The lowest BCUT2D eigenvalue weighted by molar-refractivity contribution is 0.203. The van der Waals surface area contributed by atoms with Gasteiger partial charge in [-0.1, -0.05) is 57.5 Å². The van der Waals surface area contributed by atoms with Gasteiger partial charge >= 0.3 is 0 Å². The summed E-state index contributed by atoms with van der Waals surface area (Å²) < 4.78 is 5.45. The Morgan fingerprint density at radius 2 is 1.83 bits per heavy atom. The summed E-state index contributed by atoms with van der Waals surface area (Å²) in [5.74, 6) is 1.42. The lowest BCUT2D eigenvalue weighted by Gasteiger charge is -2.37. The van der Waals surface area contributed by atoms with Gasteiger partial charge in [0, 0.05) is 19.7 Å². The van der Waals surface area contributed by atoms with Crippen LogP contribution in [0.5, 0.6) is 0 Å². The van der Waals surface area contributed by atoms with Crippen molar-refractivity contribution in [3.63, 3.8) is 0 Å². The highest BCUT2D eigenvalue weighted by Crippen LogP contribution is 2.26. The first-order valence-corrected chi connectivity index (χ1v) is 11.7. The summed E-state index contributed by atoms with van der Waals surface area (Å²) in [5.41, 5.74) is 2.77. The molecule has 1 N–H and O–H groups in total. The first-order valence-electron chi connectivity index (χ1n) is 11.3. The molecule has 164 valence electrons. The van der Waals surface area contributed by atoms with Gasteiger partial charge in [-0.3, -0.25) is 0 Å². The molecule has 5 nitrogen and oxygen atoms in total. The van der Waals surface area contributed by atoms with E-state index >= 15 is 0 Å². The number of rotatable bonds is 9. The second-order valence-electron chi connectivity index (χ2n) is 8.80. The van der Waals surface area contributed by atoms with E-state index in [1.165, 1.54) is 32.1 Å². The molecule has 1 fully saturated rings. The Balaban J connectivity index is 1.94. The van der Waals surface area contributed by atoms with Gasteiger partial charge < -0.3 is 15.0 Å². The monoisotopic (exact) mass is 428 g/mol. The van der Waals surface area contributed by atoms with Crippen molar-refractivity contribution in [2.75, 3.05) is 25.2 Å². The van der Waals surface area contributed by atoms with Crippen LogP contribution in [0.4, 0.5) is 5.82 Å². The lowest BCUT2D eigenvalue weighted by Crippen LogP contribution is -2.51. The van der Waals surface area contributed by atoms with E-state index in [1.54, 1.807) is 7.11 Å². The van der Waals surface area contributed by atoms with E-state index in [0.29, 0.717) is 18.6 Å². The highest BCUT2D eigenvalue weighted by atomic mass is 32.1. The molecule has 0 aliphatic heterocycles. The standard InChI is InChI=1S/C24H36N4OS/c1-17(2)16-22(24(30)26-19-10-6-5-7-11-19)28(14-15-29-4)23-18(3)25-20-12-8-9-13-21(20)27-23/h8-9,12-13,17,19,22H,5-7,10-11,14-16H2,1-4H3,(H,26,30). The Labute approximate surface area is 186 Å². The topological polar surface area (TPSA) is 50.3 Å². The molecular weight excluding hydrogens is 392 g/mol. The molecule has 0 saturated heterocycles. The van der Waals surface area contributed by atoms with Crippen molar-refractivity contribution in [3.05, 3.63) is 30.0 Å². The van der Waals surface area contributed by atoms with Gasteiger partial charge in [0.15, 0.2) is 5.82 Å². The molecule has 3 rings (SSSR count). The van der Waals surface area contributed by atoms with Crippen LogP contribution in [0, 0.1) is 12.8 Å². The third kappa shape index (κ3) is 5.88.